The van der Waals surface area contributed by atoms with Gasteiger partial charge < -0.3 is 9.64 Å². The summed E-state index contributed by atoms with van der Waals surface area (Å²) in [6.07, 6.45) is 4.69. The number of nitrogens with zero attached hydrogens (tertiary/aromatic N) is 3. The summed E-state index contributed by atoms with van der Waals surface area (Å²) in [7, 11) is -4.01. The van der Waals surface area contributed by atoms with Crippen LogP contribution in [-0.2, 0) is 21.4 Å². The first-order valence-corrected chi connectivity index (χ1v) is 15.9. The van der Waals surface area contributed by atoms with Gasteiger partial charge in [0.25, 0.3) is 21.8 Å². The van der Waals surface area contributed by atoms with Gasteiger partial charge in [0.1, 0.15) is 5.75 Å². The van der Waals surface area contributed by atoms with E-state index in [0.717, 1.165) is 37.9 Å². The van der Waals surface area contributed by atoms with E-state index in [1.54, 1.807) is 66.7 Å². The van der Waals surface area contributed by atoms with Gasteiger partial charge in [-0.1, -0.05) is 60.7 Å². The van der Waals surface area contributed by atoms with Crippen molar-refractivity contribution in [2.45, 2.75) is 30.7 Å². The monoisotopic (exact) mass is 610 g/mol. The molecule has 0 unspecified atom stereocenters. The lowest BCUT2D eigenvalue weighted by Crippen LogP contribution is -2.38. The predicted molar refractivity (Wildman–Crippen MR) is 170 cm³/mol. The fourth-order valence-electron chi connectivity index (χ4n) is 4.91. The Hall–Kier alpha value is -4.96. The highest BCUT2D eigenvalue weighted by Crippen LogP contribution is 2.29. The van der Waals surface area contributed by atoms with E-state index in [4.69, 9.17) is 4.74 Å². The minimum atomic E-state index is -4.01. The maximum absolute atomic E-state index is 13.8. The molecule has 1 saturated heterocycles. The smallest absolute Gasteiger partial charge is 0.273 e. The average Bonchev–Trinajstić information content (AvgIpc) is 3.08. The number of likely N-dealkylation sites (tertiary alicyclic amines) is 1. The van der Waals surface area contributed by atoms with E-state index in [2.05, 4.69) is 10.5 Å². The van der Waals surface area contributed by atoms with Crippen molar-refractivity contribution < 1.29 is 22.7 Å². The number of benzene rings is 4. The van der Waals surface area contributed by atoms with Crippen molar-refractivity contribution >= 4 is 33.7 Å². The summed E-state index contributed by atoms with van der Waals surface area (Å²) in [5.74, 6) is -0.0183. The van der Waals surface area contributed by atoms with Crippen LogP contribution >= 0.6 is 0 Å². The standard InChI is InChI=1S/C34H34N4O5S/c39-33(37-22-10-3-11-23-37)26-43-29-20-18-27(19-21-29)24-35-36-34(40)31-16-8-9-17-32(31)38(25-28-12-4-1-5-13-28)44(41,42)30-14-6-2-7-15-30/h1-2,4-9,12-21,24H,3,10-11,22-23,25-26H2,(H,36,40)/b35-24-. The number of sulfonamides is 1. The molecule has 1 N–H and O–H groups in total. The summed E-state index contributed by atoms with van der Waals surface area (Å²) in [5.41, 5.74) is 4.37. The number of carbonyl (C=O) groups is 2. The first-order valence-electron chi connectivity index (χ1n) is 14.5. The van der Waals surface area contributed by atoms with Crippen LogP contribution in [-0.4, -0.2) is 51.0 Å². The molecule has 0 spiro atoms. The topological polar surface area (TPSA) is 108 Å². The quantitative estimate of drug-likeness (QED) is 0.185. The molecule has 0 aromatic heterocycles. The number of piperidine rings is 1. The van der Waals surface area contributed by atoms with Crippen molar-refractivity contribution in [2.75, 3.05) is 24.0 Å². The molecule has 1 aliphatic rings. The summed E-state index contributed by atoms with van der Waals surface area (Å²) >= 11 is 0. The van der Waals surface area contributed by atoms with E-state index in [1.807, 2.05) is 35.2 Å². The summed E-state index contributed by atoms with van der Waals surface area (Å²) in [6, 6.07) is 30.9. The van der Waals surface area contributed by atoms with Crippen LogP contribution in [0.25, 0.3) is 0 Å². The van der Waals surface area contributed by atoms with E-state index >= 15 is 0 Å². The number of amides is 2. The molecule has 1 heterocycles. The number of anilines is 1. The molecule has 1 fully saturated rings. The minimum absolute atomic E-state index is 0.00974. The molecule has 5 rings (SSSR count). The average molecular weight is 611 g/mol. The van der Waals surface area contributed by atoms with Gasteiger partial charge in [0, 0.05) is 13.1 Å². The van der Waals surface area contributed by atoms with Crippen molar-refractivity contribution in [3.8, 4) is 5.75 Å². The Morgan fingerprint density at radius 1 is 0.818 bits per heavy atom. The van der Waals surface area contributed by atoms with Crippen LogP contribution < -0.4 is 14.5 Å². The molecule has 0 saturated carbocycles. The molecule has 0 bridgehead atoms. The van der Waals surface area contributed by atoms with Crippen LogP contribution in [0.4, 0.5) is 5.69 Å². The van der Waals surface area contributed by atoms with Crippen LogP contribution in [0.5, 0.6) is 5.75 Å². The summed E-state index contributed by atoms with van der Waals surface area (Å²) in [5, 5.41) is 4.09. The zero-order chi connectivity index (χ0) is 30.8. The van der Waals surface area contributed by atoms with Gasteiger partial charge in [0.05, 0.1) is 28.9 Å². The van der Waals surface area contributed by atoms with E-state index in [1.165, 1.54) is 22.7 Å². The Kier molecular flexibility index (Phi) is 10.0. The highest BCUT2D eigenvalue weighted by Gasteiger charge is 2.28. The molecular weight excluding hydrogens is 576 g/mol. The first-order chi connectivity index (χ1) is 21.4. The highest BCUT2D eigenvalue weighted by molar-refractivity contribution is 7.92. The molecule has 44 heavy (non-hydrogen) atoms. The van der Waals surface area contributed by atoms with Crippen LogP contribution in [0.1, 0.15) is 40.7 Å². The maximum Gasteiger partial charge on any atom is 0.273 e. The Morgan fingerprint density at radius 3 is 2.16 bits per heavy atom. The van der Waals surface area contributed by atoms with Crippen molar-refractivity contribution in [1.29, 1.82) is 0 Å². The molecule has 2 amide bonds. The third-order valence-corrected chi connectivity index (χ3v) is 9.02. The number of carbonyl (C=O) groups excluding carboxylic acids is 2. The lowest BCUT2D eigenvalue weighted by atomic mass is 10.1. The van der Waals surface area contributed by atoms with Gasteiger partial charge >= 0.3 is 0 Å². The summed E-state index contributed by atoms with van der Waals surface area (Å²) < 4.78 is 34.6. The highest BCUT2D eigenvalue weighted by atomic mass is 32.2. The number of para-hydroxylation sites is 1. The predicted octanol–water partition coefficient (Wildman–Crippen LogP) is 5.24. The largest absolute Gasteiger partial charge is 0.484 e. The Balaban J connectivity index is 1.28. The lowest BCUT2D eigenvalue weighted by Gasteiger charge is -2.26. The molecule has 1 aliphatic heterocycles. The SMILES string of the molecule is O=C(N/N=C\c1ccc(OCC(=O)N2CCCCC2)cc1)c1ccccc1N(Cc1ccccc1)S(=O)(=O)c1ccccc1. The van der Waals surface area contributed by atoms with E-state index in [9.17, 15) is 18.0 Å². The van der Waals surface area contributed by atoms with Crippen LogP contribution in [0.3, 0.4) is 0 Å². The molecule has 0 atom stereocenters. The number of hydrazone groups is 1. The first kappa shape index (κ1) is 30.5. The molecular formula is C34H34N4O5S. The van der Waals surface area contributed by atoms with Crippen molar-refractivity contribution in [3.63, 3.8) is 0 Å². The molecule has 226 valence electrons. The normalized spacial score (nSPS) is 13.4. The Morgan fingerprint density at radius 2 is 1.45 bits per heavy atom. The van der Waals surface area contributed by atoms with Gasteiger partial charge in [-0.05, 0) is 78.9 Å². The van der Waals surface area contributed by atoms with Crippen molar-refractivity contribution in [1.82, 2.24) is 10.3 Å². The van der Waals surface area contributed by atoms with Gasteiger partial charge in [-0.3, -0.25) is 13.9 Å². The Labute approximate surface area is 257 Å². The van der Waals surface area contributed by atoms with E-state index in [0.29, 0.717) is 11.3 Å². The van der Waals surface area contributed by atoms with E-state index < -0.39 is 15.9 Å². The number of rotatable bonds is 11. The maximum atomic E-state index is 13.8. The second-order valence-corrected chi connectivity index (χ2v) is 12.2. The molecule has 4 aromatic rings. The molecule has 9 nitrogen and oxygen atoms in total. The third-order valence-electron chi connectivity index (χ3n) is 7.25. The fraction of sp³-hybridized carbons (Fsp3) is 0.206. The fourth-order valence-corrected chi connectivity index (χ4v) is 6.40. The van der Waals surface area contributed by atoms with Crippen molar-refractivity contribution in [2.24, 2.45) is 5.10 Å². The minimum Gasteiger partial charge on any atom is -0.484 e. The molecule has 10 heteroatoms. The van der Waals surface area contributed by atoms with Gasteiger partial charge in [0.2, 0.25) is 0 Å². The molecule has 0 radical (unpaired) electrons. The van der Waals surface area contributed by atoms with Gasteiger partial charge in [0.15, 0.2) is 6.61 Å². The zero-order valence-corrected chi connectivity index (χ0v) is 25.0. The molecule has 0 aliphatic carbocycles. The lowest BCUT2D eigenvalue weighted by molar-refractivity contribution is -0.134. The van der Waals surface area contributed by atoms with Gasteiger partial charge in [-0.25, -0.2) is 13.8 Å². The van der Waals surface area contributed by atoms with Gasteiger partial charge in [-0.2, -0.15) is 5.10 Å². The number of hydrogen-bond acceptors (Lipinski definition) is 6. The van der Waals surface area contributed by atoms with E-state index in [-0.39, 0.29) is 35.2 Å². The zero-order valence-electron chi connectivity index (χ0n) is 24.2. The van der Waals surface area contributed by atoms with Crippen LogP contribution in [0.15, 0.2) is 119 Å². The van der Waals surface area contributed by atoms with Crippen molar-refractivity contribution in [3.05, 3.63) is 126 Å². The number of hydrogen-bond donors (Lipinski definition) is 1. The number of nitrogens with one attached hydrogen (secondary N) is 1. The number of ether oxygens (including phenoxy) is 1. The second-order valence-electron chi connectivity index (χ2n) is 10.3. The molecule has 4 aromatic carbocycles. The van der Waals surface area contributed by atoms with Gasteiger partial charge in [-0.15, -0.1) is 0 Å². The summed E-state index contributed by atoms with van der Waals surface area (Å²) in [4.78, 5) is 27.6. The van der Waals surface area contributed by atoms with Crippen LogP contribution in [0, 0.1) is 0 Å². The Bertz CT molecular complexity index is 1690. The second kappa shape index (κ2) is 14.5. The third kappa shape index (κ3) is 7.70. The summed E-state index contributed by atoms with van der Waals surface area (Å²) in [6.45, 7) is 1.58. The van der Waals surface area contributed by atoms with Crippen LogP contribution in [0.2, 0.25) is 0 Å².